The maximum absolute atomic E-state index is 12.7. The molecule has 11 heteroatoms. The topological polar surface area (TPSA) is 131 Å². The molecule has 0 aromatic rings. The predicted molar refractivity (Wildman–Crippen MR) is 251 cm³/mol. The Bertz CT molecular complexity index is 1280. The molecule has 0 aliphatic carbocycles. The van der Waals surface area contributed by atoms with Gasteiger partial charge in [0.25, 0.3) is 7.82 Å². The molecule has 0 amide bonds. The number of nitrogens with zero attached hydrogens (tertiary/aromatic N) is 1. The van der Waals surface area contributed by atoms with Crippen LogP contribution in [0.3, 0.4) is 0 Å². The predicted octanol–water partition coefficient (Wildman–Crippen LogP) is 12.1. The molecule has 0 heterocycles. The lowest BCUT2D eigenvalue weighted by atomic mass is 10.1. The fraction of sp³-hybridized carbons (Fsp3) is 0.720. The lowest BCUT2D eigenvalue weighted by molar-refractivity contribution is -0.870. The van der Waals surface area contributed by atoms with Crippen molar-refractivity contribution >= 4 is 19.8 Å². The molecular formula is C50H88NO9P. The van der Waals surface area contributed by atoms with Crippen LogP contribution < -0.4 is 4.89 Å². The lowest BCUT2D eigenvalue weighted by Crippen LogP contribution is -2.37. The molecule has 61 heavy (non-hydrogen) atoms. The number of phosphoric acid groups is 1. The Labute approximate surface area is 372 Å². The van der Waals surface area contributed by atoms with Gasteiger partial charge in [-0.05, 0) is 77.0 Å². The Morgan fingerprint density at radius 3 is 1.70 bits per heavy atom. The molecule has 0 aliphatic rings. The number of quaternary nitrogens is 1. The van der Waals surface area contributed by atoms with Crippen molar-refractivity contribution in [2.75, 3.05) is 47.5 Å². The number of hydrogen-bond acceptors (Lipinski definition) is 9. The van der Waals surface area contributed by atoms with Gasteiger partial charge in [-0.1, -0.05) is 157 Å². The summed E-state index contributed by atoms with van der Waals surface area (Å²) in [5.41, 5.74) is 0. The summed E-state index contributed by atoms with van der Waals surface area (Å²) in [5, 5.41) is 10.1. The van der Waals surface area contributed by atoms with Gasteiger partial charge in [0.15, 0.2) is 6.10 Å². The largest absolute Gasteiger partial charge is 0.756 e. The van der Waals surface area contributed by atoms with Crippen LogP contribution in [0.15, 0.2) is 72.9 Å². The van der Waals surface area contributed by atoms with E-state index in [1.165, 1.54) is 77.0 Å². The minimum Gasteiger partial charge on any atom is -0.756 e. The first-order chi connectivity index (χ1) is 29.4. The Morgan fingerprint density at radius 1 is 0.607 bits per heavy atom. The number of carbonyl (C=O) groups is 2. The maximum atomic E-state index is 12.7. The summed E-state index contributed by atoms with van der Waals surface area (Å²) < 4.78 is 33.8. The minimum atomic E-state index is -4.66. The van der Waals surface area contributed by atoms with Crippen molar-refractivity contribution in [1.29, 1.82) is 0 Å². The molecular weight excluding hydrogens is 790 g/mol. The molecule has 0 aliphatic heterocycles. The number of carbonyl (C=O) groups excluding carboxylic acids is 2. The van der Waals surface area contributed by atoms with Crippen LogP contribution in [0.25, 0.3) is 0 Å². The molecule has 1 unspecified atom stereocenters. The van der Waals surface area contributed by atoms with Gasteiger partial charge in [0.2, 0.25) is 0 Å². The van der Waals surface area contributed by atoms with Gasteiger partial charge >= 0.3 is 11.9 Å². The number of likely N-dealkylation sites (N-methyl/N-ethyl adjacent to an activating group) is 1. The summed E-state index contributed by atoms with van der Waals surface area (Å²) in [6.45, 7) is 4.00. The zero-order valence-electron chi connectivity index (χ0n) is 39.2. The Balaban J connectivity index is 4.47. The number of unbranched alkanes of at least 4 members (excludes halogenated alkanes) is 16. The van der Waals surface area contributed by atoms with Crippen molar-refractivity contribution in [3.05, 3.63) is 72.9 Å². The van der Waals surface area contributed by atoms with Crippen LogP contribution >= 0.6 is 7.82 Å². The standard InChI is InChI=1S/C50H88NO9P/c1-6-8-10-12-14-15-16-17-18-19-20-21-22-23-24-25-29-33-37-41-49(53)57-45-48(46-59-61(55,56)58-44-43-51(3,4)5)60-50(54)42-38-34-30-27-26-28-32-36-40-47(52)39-35-31-13-11-9-7-2/h14-15,17-18,27-28,30-32,35-36,40,47-48,52H,6-13,16,19-26,29,33-34,37-39,41-46H2,1-5H3/b15-14-,18-17-,30-27-,32-28-,35-31-,40-36+/t47-,48+/m0/s1. The van der Waals surface area contributed by atoms with E-state index in [2.05, 4.69) is 44.2 Å². The molecule has 0 saturated heterocycles. The molecule has 0 fully saturated rings. The van der Waals surface area contributed by atoms with Gasteiger partial charge in [-0.15, -0.1) is 0 Å². The SMILES string of the molecule is CCCCC/C=C\C/C=C\CCCCCCCCCCCC(=O)OC[C@H](COP(=O)([O-])OCC[N+](C)(C)C)OC(=O)CCC/C=C\C/C=C\C=C\[C@@H](O)C/C=C\CCCCC. The highest BCUT2D eigenvalue weighted by molar-refractivity contribution is 7.45. The fourth-order valence-electron chi connectivity index (χ4n) is 6.00. The summed E-state index contributed by atoms with van der Waals surface area (Å²) in [6.07, 6.45) is 48.2. The molecule has 0 rings (SSSR count). The van der Waals surface area contributed by atoms with Gasteiger partial charge in [-0.3, -0.25) is 14.2 Å². The first-order valence-corrected chi connectivity index (χ1v) is 25.2. The van der Waals surface area contributed by atoms with Crippen LogP contribution in [0.2, 0.25) is 0 Å². The van der Waals surface area contributed by atoms with E-state index in [4.69, 9.17) is 18.5 Å². The molecule has 0 bridgehead atoms. The van der Waals surface area contributed by atoms with E-state index in [9.17, 15) is 24.2 Å². The third-order valence-corrected chi connectivity index (χ3v) is 10.7. The van der Waals surface area contributed by atoms with Crippen LogP contribution in [0.1, 0.15) is 174 Å². The van der Waals surface area contributed by atoms with E-state index in [1.807, 2.05) is 57.6 Å². The number of allylic oxidation sites excluding steroid dienone is 10. The van der Waals surface area contributed by atoms with E-state index < -0.39 is 38.6 Å². The first-order valence-electron chi connectivity index (χ1n) is 23.8. The monoisotopic (exact) mass is 878 g/mol. The van der Waals surface area contributed by atoms with Crippen LogP contribution in [0, 0.1) is 0 Å². The number of aliphatic hydroxyl groups is 1. The highest BCUT2D eigenvalue weighted by Crippen LogP contribution is 2.38. The summed E-state index contributed by atoms with van der Waals surface area (Å²) in [5.74, 6) is -0.948. The number of aliphatic hydroxyl groups excluding tert-OH is 1. The van der Waals surface area contributed by atoms with E-state index in [0.29, 0.717) is 36.7 Å². The van der Waals surface area contributed by atoms with Crippen molar-refractivity contribution < 1.29 is 47.2 Å². The Hall–Kier alpha value is -2.59. The molecule has 352 valence electrons. The van der Waals surface area contributed by atoms with Crippen molar-refractivity contribution in [3.63, 3.8) is 0 Å². The quantitative estimate of drug-likeness (QED) is 0.0159. The second-order valence-electron chi connectivity index (χ2n) is 17.0. The smallest absolute Gasteiger partial charge is 0.306 e. The Morgan fingerprint density at radius 2 is 1.11 bits per heavy atom. The normalized spacial score (nSPS) is 14.7. The van der Waals surface area contributed by atoms with Gasteiger partial charge in [-0.2, -0.15) is 0 Å². The number of phosphoric ester groups is 1. The highest BCUT2D eigenvalue weighted by Gasteiger charge is 2.21. The van der Waals surface area contributed by atoms with E-state index in [-0.39, 0.29) is 26.1 Å². The van der Waals surface area contributed by atoms with Crippen molar-refractivity contribution in [3.8, 4) is 0 Å². The average molecular weight is 878 g/mol. The fourth-order valence-corrected chi connectivity index (χ4v) is 6.72. The van der Waals surface area contributed by atoms with E-state index in [0.717, 1.165) is 44.9 Å². The van der Waals surface area contributed by atoms with Gasteiger partial charge in [0.05, 0.1) is 33.9 Å². The molecule has 0 saturated carbocycles. The molecule has 0 aromatic heterocycles. The number of esters is 2. The number of rotatable bonds is 42. The van der Waals surface area contributed by atoms with Crippen LogP contribution in [-0.4, -0.2) is 81.2 Å². The third kappa shape index (κ3) is 45.3. The minimum absolute atomic E-state index is 0.0560. The molecule has 1 N–H and O–H groups in total. The van der Waals surface area contributed by atoms with Crippen molar-refractivity contribution in [1.82, 2.24) is 0 Å². The van der Waals surface area contributed by atoms with Crippen molar-refractivity contribution in [2.24, 2.45) is 0 Å². The van der Waals surface area contributed by atoms with Gasteiger partial charge < -0.3 is 33.0 Å². The maximum Gasteiger partial charge on any atom is 0.306 e. The van der Waals surface area contributed by atoms with Crippen LogP contribution in [0.4, 0.5) is 0 Å². The summed E-state index contributed by atoms with van der Waals surface area (Å²) in [7, 11) is 1.08. The molecule has 0 aromatic carbocycles. The second kappa shape index (κ2) is 41.4. The summed E-state index contributed by atoms with van der Waals surface area (Å²) in [4.78, 5) is 37.6. The first kappa shape index (κ1) is 58.4. The number of ether oxygens (including phenoxy) is 2. The van der Waals surface area contributed by atoms with Gasteiger partial charge in [0.1, 0.15) is 19.8 Å². The van der Waals surface area contributed by atoms with Gasteiger partial charge in [-0.25, -0.2) is 0 Å². The molecule has 0 spiro atoms. The Kier molecular flexibility index (Phi) is 39.7. The molecule has 10 nitrogen and oxygen atoms in total. The zero-order chi connectivity index (χ0) is 45.1. The molecule has 0 radical (unpaired) electrons. The zero-order valence-corrected chi connectivity index (χ0v) is 40.1. The van der Waals surface area contributed by atoms with E-state index in [1.54, 1.807) is 6.08 Å². The lowest BCUT2D eigenvalue weighted by Gasteiger charge is -2.28. The average Bonchev–Trinajstić information content (AvgIpc) is 3.21. The summed E-state index contributed by atoms with van der Waals surface area (Å²) >= 11 is 0. The third-order valence-electron chi connectivity index (χ3n) is 9.78. The van der Waals surface area contributed by atoms with Crippen LogP contribution in [0.5, 0.6) is 0 Å². The summed E-state index contributed by atoms with van der Waals surface area (Å²) in [6, 6.07) is 0. The van der Waals surface area contributed by atoms with Gasteiger partial charge in [0, 0.05) is 12.8 Å². The van der Waals surface area contributed by atoms with Crippen molar-refractivity contribution in [2.45, 2.75) is 187 Å². The second-order valence-corrected chi connectivity index (χ2v) is 18.4. The number of hydrogen-bond donors (Lipinski definition) is 1. The van der Waals surface area contributed by atoms with E-state index >= 15 is 0 Å². The highest BCUT2D eigenvalue weighted by atomic mass is 31.2. The van der Waals surface area contributed by atoms with Crippen LogP contribution in [-0.2, 0) is 32.7 Å². The molecule has 3 atom stereocenters.